The Morgan fingerprint density at radius 1 is 1.43 bits per heavy atom. The Morgan fingerprint density at radius 2 is 2.05 bits per heavy atom. The first kappa shape index (κ1) is 17.3. The van der Waals surface area contributed by atoms with Crippen LogP contribution in [0.2, 0.25) is 0 Å². The van der Waals surface area contributed by atoms with Crippen molar-refractivity contribution >= 4 is 11.5 Å². The normalized spacial score (nSPS) is 12.7. The van der Waals surface area contributed by atoms with Gasteiger partial charge in [-0.15, -0.1) is 0 Å². The van der Waals surface area contributed by atoms with E-state index >= 15 is 0 Å². The predicted octanol–water partition coefficient (Wildman–Crippen LogP) is -0.782. The number of nitrogens with one attached hydrogen (secondary N) is 1. The monoisotopic (exact) mass is 300 g/mol. The van der Waals surface area contributed by atoms with E-state index in [0.717, 1.165) is 0 Å². The van der Waals surface area contributed by atoms with E-state index in [1.165, 1.54) is 16.6 Å². The first-order chi connectivity index (χ1) is 9.77. The lowest BCUT2D eigenvalue weighted by molar-refractivity contribution is 0.0695. The van der Waals surface area contributed by atoms with Gasteiger partial charge in [0.05, 0.1) is 12.7 Å². The second-order valence-electron chi connectivity index (χ2n) is 5.49. The molecule has 0 aliphatic rings. The number of nitrogen functional groups attached to an aromatic ring is 1. The maximum atomic E-state index is 12.0. The molecule has 1 atom stereocenters. The van der Waals surface area contributed by atoms with Crippen molar-refractivity contribution in [2.75, 3.05) is 37.9 Å². The van der Waals surface area contributed by atoms with Crippen LogP contribution < -0.4 is 21.9 Å². The van der Waals surface area contributed by atoms with Crippen LogP contribution in [0.3, 0.4) is 0 Å². The molecule has 0 fully saturated rings. The minimum absolute atomic E-state index is 0.101. The van der Waals surface area contributed by atoms with Crippen molar-refractivity contribution < 1.29 is 9.84 Å². The molecule has 8 nitrogen and oxygen atoms in total. The molecule has 0 saturated carbocycles. The number of aliphatic hydroxyl groups excluding tert-OH is 1. The third-order valence-corrected chi connectivity index (χ3v) is 2.99. The zero-order valence-electron chi connectivity index (χ0n) is 12.9. The Morgan fingerprint density at radius 3 is 2.57 bits per heavy atom. The molecule has 21 heavy (non-hydrogen) atoms. The lowest BCUT2D eigenvalue weighted by Crippen LogP contribution is -2.40. The van der Waals surface area contributed by atoms with Gasteiger partial charge in [0.25, 0.3) is 5.56 Å². The highest BCUT2D eigenvalue weighted by molar-refractivity contribution is 5.62. The van der Waals surface area contributed by atoms with Gasteiger partial charge in [-0.05, 0) is 5.92 Å². The van der Waals surface area contributed by atoms with Gasteiger partial charge in [-0.3, -0.25) is 14.3 Å². The van der Waals surface area contributed by atoms with Crippen molar-refractivity contribution in [1.82, 2.24) is 9.55 Å². The molecule has 0 bridgehead atoms. The van der Waals surface area contributed by atoms with Gasteiger partial charge >= 0.3 is 5.69 Å². The molecule has 0 aliphatic heterocycles. The SMILES string of the molecule is COCC(O)CN(C)c1c(N)n(CC(C)C)c(=O)[nH]c1=O. The molecule has 0 aromatic carbocycles. The van der Waals surface area contributed by atoms with Crippen LogP contribution in [0.15, 0.2) is 9.59 Å². The van der Waals surface area contributed by atoms with E-state index in [2.05, 4.69) is 4.98 Å². The second-order valence-corrected chi connectivity index (χ2v) is 5.49. The van der Waals surface area contributed by atoms with Gasteiger partial charge in [-0.2, -0.15) is 0 Å². The summed E-state index contributed by atoms with van der Waals surface area (Å²) < 4.78 is 6.18. The molecular weight excluding hydrogens is 276 g/mol. The highest BCUT2D eigenvalue weighted by atomic mass is 16.5. The van der Waals surface area contributed by atoms with Crippen LogP contribution in [0.1, 0.15) is 13.8 Å². The number of anilines is 2. The molecule has 1 rings (SSSR count). The second kappa shape index (κ2) is 7.28. The van der Waals surface area contributed by atoms with E-state index in [0.29, 0.717) is 6.54 Å². The molecule has 120 valence electrons. The van der Waals surface area contributed by atoms with Crippen molar-refractivity contribution in [1.29, 1.82) is 0 Å². The molecule has 1 unspecified atom stereocenters. The number of aliphatic hydroxyl groups is 1. The van der Waals surface area contributed by atoms with Gasteiger partial charge < -0.3 is 20.5 Å². The Balaban J connectivity index is 3.17. The largest absolute Gasteiger partial charge is 0.389 e. The Hall–Kier alpha value is -1.80. The number of nitrogens with two attached hydrogens (primary N) is 1. The Labute approximate surface area is 123 Å². The van der Waals surface area contributed by atoms with Crippen LogP contribution in [0.4, 0.5) is 11.5 Å². The minimum Gasteiger partial charge on any atom is -0.389 e. The van der Waals surface area contributed by atoms with Gasteiger partial charge in [0.1, 0.15) is 11.5 Å². The van der Waals surface area contributed by atoms with E-state index in [-0.39, 0.29) is 30.6 Å². The fraction of sp³-hybridized carbons (Fsp3) is 0.692. The fourth-order valence-corrected chi connectivity index (χ4v) is 2.15. The van der Waals surface area contributed by atoms with Crippen LogP contribution in [0.5, 0.6) is 0 Å². The molecular formula is C13H24N4O4. The Kier molecular flexibility index (Phi) is 5.98. The van der Waals surface area contributed by atoms with E-state index in [1.54, 1.807) is 7.05 Å². The summed E-state index contributed by atoms with van der Waals surface area (Å²) in [7, 11) is 3.11. The number of aromatic amines is 1. The van der Waals surface area contributed by atoms with E-state index in [1.807, 2.05) is 13.8 Å². The molecule has 1 heterocycles. The highest BCUT2D eigenvalue weighted by Crippen LogP contribution is 2.16. The van der Waals surface area contributed by atoms with Crippen molar-refractivity contribution in [3.8, 4) is 0 Å². The third-order valence-electron chi connectivity index (χ3n) is 2.99. The molecule has 0 radical (unpaired) electrons. The summed E-state index contributed by atoms with van der Waals surface area (Å²) in [5.74, 6) is 0.303. The van der Waals surface area contributed by atoms with Gasteiger partial charge in [0, 0.05) is 27.2 Å². The van der Waals surface area contributed by atoms with Crippen LogP contribution in [0.25, 0.3) is 0 Å². The van der Waals surface area contributed by atoms with E-state index < -0.39 is 17.4 Å². The highest BCUT2D eigenvalue weighted by Gasteiger charge is 2.18. The first-order valence-corrected chi connectivity index (χ1v) is 6.78. The summed E-state index contributed by atoms with van der Waals surface area (Å²) in [5, 5.41) is 9.74. The molecule has 0 spiro atoms. The number of likely N-dealkylation sites (N-methyl/N-ethyl adjacent to an activating group) is 1. The van der Waals surface area contributed by atoms with Crippen molar-refractivity contribution in [3.05, 3.63) is 20.8 Å². The summed E-state index contributed by atoms with van der Waals surface area (Å²) in [4.78, 5) is 27.6. The molecule has 0 aliphatic carbocycles. The average Bonchev–Trinajstić information content (AvgIpc) is 2.34. The third kappa shape index (κ3) is 4.33. The van der Waals surface area contributed by atoms with Gasteiger partial charge in [-0.25, -0.2) is 4.79 Å². The fourth-order valence-electron chi connectivity index (χ4n) is 2.15. The maximum Gasteiger partial charge on any atom is 0.330 e. The molecule has 1 aromatic heterocycles. The van der Waals surface area contributed by atoms with Gasteiger partial charge in [-0.1, -0.05) is 13.8 Å². The quantitative estimate of drug-likeness (QED) is 0.608. The topological polar surface area (TPSA) is 114 Å². The summed E-state index contributed by atoms with van der Waals surface area (Å²) in [6.07, 6.45) is -0.760. The number of rotatable bonds is 7. The van der Waals surface area contributed by atoms with Crippen LogP contribution in [-0.2, 0) is 11.3 Å². The lowest BCUT2D eigenvalue weighted by atomic mass is 10.2. The number of hydrogen-bond acceptors (Lipinski definition) is 6. The predicted molar refractivity (Wildman–Crippen MR) is 81.7 cm³/mol. The molecule has 1 aromatic rings. The van der Waals surface area contributed by atoms with Gasteiger partial charge in [0.2, 0.25) is 0 Å². The zero-order chi connectivity index (χ0) is 16.2. The smallest absolute Gasteiger partial charge is 0.330 e. The van der Waals surface area contributed by atoms with E-state index in [9.17, 15) is 14.7 Å². The summed E-state index contributed by atoms with van der Waals surface area (Å²) in [6.45, 7) is 4.61. The van der Waals surface area contributed by atoms with Crippen LogP contribution >= 0.6 is 0 Å². The van der Waals surface area contributed by atoms with Crippen LogP contribution in [0, 0.1) is 5.92 Å². The number of methoxy groups -OCH3 is 1. The molecule has 0 saturated heterocycles. The number of hydrogen-bond donors (Lipinski definition) is 3. The summed E-state index contributed by atoms with van der Waals surface area (Å²) in [6, 6.07) is 0. The lowest BCUT2D eigenvalue weighted by Gasteiger charge is -2.24. The van der Waals surface area contributed by atoms with Crippen LogP contribution in [-0.4, -0.2) is 48.1 Å². The standard InChI is InChI=1S/C13H24N4O4/c1-8(2)5-17-11(14)10(12(19)15-13(17)20)16(3)6-9(18)7-21-4/h8-9,18H,5-7,14H2,1-4H3,(H,15,19,20). The first-order valence-electron chi connectivity index (χ1n) is 6.78. The van der Waals surface area contributed by atoms with E-state index in [4.69, 9.17) is 10.5 Å². The van der Waals surface area contributed by atoms with Crippen molar-refractivity contribution in [2.24, 2.45) is 5.92 Å². The molecule has 4 N–H and O–H groups in total. The number of ether oxygens (including phenoxy) is 1. The van der Waals surface area contributed by atoms with Crippen molar-refractivity contribution in [2.45, 2.75) is 26.5 Å². The summed E-state index contributed by atoms with van der Waals surface area (Å²) in [5.41, 5.74) is 5.05. The minimum atomic E-state index is -0.760. The molecule has 8 heteroatoms. The number of H-pyrrole nitrogens is 1. The maximum absolute atomic E-state index is 12.0. The zero-order valence-corrected chi connectivity index (χ0v) is 12.9. The Bertz CT molecular complexity index is 579. The molecule has 0 amide bonds. The average molecular weight is 300 g/mol. The summed E-state index contributed by atoms with van der Waals surface area (Å²) >= 11 is 0. The van der Waals surface area contributed by atoms with Gasteiger partial charge in [0.15, 0.2) is 0 Å². The van der Waals surface area contributed by atoms with Crippen molar-refractivity contribution in [3.63, 3.8) is 0 Å². The number of aromatic nitrogens is 2. The number of nitrogens with zero attached hydrogens (tertiary/aromatic N) is 2.